The molecule has 0 spiro atoms. The Labute approximate surface area is 100 Å². The summed E-state index contributed by atoms with van der Waals surface area (Å²) in [4.78, 5) is 14.8. The monoisotopic (exact) mass is 230 g/mol. The Kier molecular flexibility index (Phi) is 2.03. The Morgan fingerprint density at radius 1 is 1.29 bits per heavy atom. The number of hydrogen-bond donors (Lipinski definition) is 1. The molecule has 0 amide bonds. The molecule has 1 aromatic heterocycles. The number of aromatic amines is 1. The van der Waals surface area contributed by atoms with Crippen LogP contribution in [0.4, 0.5) is 0 Å². The Balaban J connectivity index is 2.44. The van der Waals surface area contributed by atoms with Gasteiger partial charge in [0.25, 0.3) is 0 Å². The molecule has 0 fully saturated rings. The van der Waals surface area contributed by atoms with Crippen molar-refractivity contribution in [1.82, 2.24) is 9.55 Å². The summed E-state index contributed by atoms with van der Waals surface area (Å²) in [6.45, 7) is 7.54. The van der Waals surface area contributed by atoms with E-state index in [1.54, 1.807) is 0 Å². The molecular formula is C14H18N2O. The highest BCUT2D eigenvalue weighted by atomic mass is 16.1. The standard InChI is InChI=1S/C14H18N2O/c1-14(2,3)10-6-7-11-12-9(10)5-4-8-16(12)13(17)15-11/h6-7H,4-5,8H2,1-3H3,(H,15,17). The van der Waals surface area contributed by atoms with Crippen LogP contribution in [0.25, 0.3) is 11.0 Å². The predicted octanol–water partition coefficient (Wildman–Crippen LogP) is 2.57. The molecule has 3 nitrogen and oxygen atoms in total. The van der Waals surface area contributed by atoms with Gasteiger partial charge in [-0.3, -0.25) is 4.57 Å². The number of benzene rings is 1. The van der Waals surface area contributed by atoms with Crippen LogP contribution >= 0.6 is 0 Å². The molecule has 0 bridgehead atoms. The van der Waals surface area contributed by atoms with Gasteiger partial charge in [-0.1, -0.05) is 26.8 Å². The van der Waals surface area contributed by atoms with Crippen LogP contribution in [-0.2, 0) is 18.4 Å². The molecule has 90 valence electrons. The van der Waals surface area contributed by atoms with Crippen molar-refractivity contribution in [2.45, 2.75) is 45.6 Å². The van der Waals surface area contributed by atoms with E-state index in [2.05, 4.69) is 31.8 Å². The summed E-state index contributed by atoms with van der Waals surface area (Å²) in [5.41, 5.74) is 5.02. The number of nitrogens with zero attached hydrogens (tertiary/aromatic N) is 1. The second-order valence-corrected chi connectivity index (χ2v) is 5.92. The Bertz CT molecular complexity index is 641. The van der Waals surface area contributed by atoms with E-state index in [0.29, 0.717) is 0 Å². The van der Waals surface area contributed by atoms with E-state index in [1.807, 2.05) is 10.6 Å². The van der Waals surface area contributed by atoms with Crippen LogP contribution in [-0.4, -0.2) is 9.55 Å². The van der Waals surface area contributed by atoms with Gasteiger partial charge in [0.1, 0.15) is 0 Å². The maximum Gasteiger partial charge on any atom is 0.326 e. The van der Waals surface area contributed by atoms with Crippen LogP contribution < -0.4 is 5.69 Å². The molecule has 1 aliphatic heterocycles. The third-order valence-electron chi connectivity index (χ3n) is 3.66. The average Bonchev–Trinajstić information content (AvgIpc) is 2.57. The predicted molar refractivity (Wildman–Crippen MR) is 69.6 cm³/mol. The Hall–Kier alpha value is -1.51. The minimum Gasteiger partial charge on any atom is -0.306 e. The summed E-state index contributed by atoms with van der Waals surface area (Å²) in [7, 11) is 0. The van der Waals surface area contributed by atoms with E-state index < -0.39 is 0 Å². The van der Waals surface area contributed by atoms with Crippen molar-refractivity contribution >= 4 is 11.0 Å². The summed E-state index contributed by atoms with van der Waals surface area (Å²) < 4.78 is 1.89. The largest absolute Gasteiger partial charge is 0.326 e. The summed E-state index contributed by atoms with van der Waals surface area (Å²) in [6.07, 6.45) is 2.15. The summed E-state index contributed by atoms with van der Waals surface area (Å²) in [5, 5.41) is 0. The van der Waals surface area contributed by atoms with Crippen LogP contribution in [0, 0.1) is 0 Å². The first kappa shape index (κ1) is 10.6. The quantitative estimate of drug-likeness (QED) is 0.742. The van der Waals surface area contributed by atoms with Crippen molar-refractivity contribution < 1.29 is 0 Å². The van der Waals surface area contributed by atoms with Gasteiger partial charge in [-0.05, 0) is 35.4 Å². The molecule has 0 saturated carbocycles. The van der Waals surface area contributed by atoms with Crippen molar-refractivity contribution in [2.24, 2.45) is 0 Å². The lowest BCUT2D eigenvalue weighted by molar-refractivity contribution is 0.563. The van der Waals surface area contributed by atoms with E-state index in [1.165, 1.54) is 11.1 Å². The normalized spacial score (nSPS) is 15.5. The van der Waals surface area contributed by atoms with Crippen LogP contribution in [0.15, 0.2) is 16.9 Å². The molecule has 0 unspecified atom stereocenters. The summed E-state index contributed by atoms with van der Waals surface area (Å²) in [6, 6.07) is 4.21. The van der Waals surface area contributed by atoms with Crippen molar-refractivity contribution in [3.05, 3.63) is 33.7 Å². The molecule has 0 aliphatic carbocycles. The molecule has 3 heteroatoms. The third kappa shape index (κ3) is 1.45. The van der Waals surface area contributed by atoms with Crippen molar-refractivity contribution in [1.29, 1.82) is 0 Å². The zero-order chi connectivity index (χ0) is 12.2. The van der Waals surface area contributed by atoms with E-state index >= 15 is 0 Å². The lowest BCUT2D eigenvalue weighted by Gasteiger charge is -2.26. The molecule has 0 atom stereocenters. The molecule has 0 saturated heterocycles. The lowest BCUT2D eigenvalue weighted by atomic mass is 9.81. The van der Waals surface area contributed by atoms with Crippen LogP contribution in [0.5, 0.6) is 0 Å². The van der Waals surface area contributed by atoms with Crippen molar-refractivity contribution in [2.75, 3.05) is 0 Å². The highest BCUT2D eigenvalue weighted by Gasteiger charge is 2.24. The maximum absolute atomic E-state index is 11.8. The zero-order valence-electron chi connectivity index (χ0n) is 10.6. The second kappa shape index (κ2) is 3.25. The zero-order valence-corrected chi connectivity index (χ0v) is 10.6. The van der Waals surface area contributed by atoms with Crippen LogP contribution in [0.1, 0.15) is 38.3 Å². The molecule has 3 rings (SSSR count). The number of rotatable bonds is 0. The molecule has 17 heavy (non-hydrogen) atoms. The topological polar surface area (TPSA) is 37.8 Å². The number of nitrogens with one attached hydrogen (secondary N) is 1. The fraction of sp³-hybridized carbons (Fsp3) is 0.500. The van der Waals surface area contributed by atoms with Crippen LogP contribution in [0.2, 0.25) is 0 Å². The smallest absolute Gasteiger partial charge is 0.306 e. The first-order chi connectivity index (χ1) is 7.98. The highest BCUT2D eigenvalue weighted by Crippen LogP contribution is 2.33. The third-order valence-corrected chi connectivity index (χ3v) is 3.66. The fourth-order valence-corrected chi connectivity index (χ4v) is 2.91. The number of H-pyrrole nitrogens is 1. The number of aryl methyl sites for hydroxylation is 2. The highest BCUT2D eigenvalue weighted by molar-refractivity contribution is 5.81. The van der Waals surface area contributed by atoms with E-state index in [-0.39, 0.29) is 11.1 Å². The Morgan fingerprint density at radius 2 is 2.06 bits per heavy atom. The SMILES string of the molecule is CC(C)(C)c1ccc2[nH]c(=O)n3c2c1CCC3. The molecule has 1 aliphatic rings. The van der Waals surface area contributed by atoms with Gasteiger partial charge < -0.3 is 4.98 Å². The van der Waals surface area contributed by atoms with Crippen molar-refractivity contribution in [3.63, 3.8) is 0 Å². The van der Waals surface area contributed by atoms with E-state index in [0.717, 1.165) is 30.4 Å². The average molecular weight is 230 g/mol. The van der Waals surface area contributed by atoms with Gasteiger partial charge in [0.05, 0.1) is 11.0 Å². The first-order valence-electron chi connectivity index (χ1n) is 6.23. The molecule has 1 N–H and O–H groups in total. The molecule has 0 radical (unpaired) electrons. The van der Waals surface area contributed by atoms with Gasteiger partial charge in [0, 0.05) is 6.54 Å². The number of aromatic nitrogens is 2. The minimum atomic E-state index is 0.0343. The van der Waals surface area contributed by atoms with Gasteiger partial charge in [0.2, 0.25) is 0 Å². The summed E-state index contributed by atoms with van der Waals surface area (Å²) in [5.74, 6) is 0. The second-order valence-electron chi connectivity index (χ2n) is 5.92. The van der Waals surface area contributed by atoms with E-state index in [4.69, 9.17) is 0 Å². The summed E-state index contributed by atoms with van der Waals surface area (Å²) >= 11 is 0. The van der Waals surface area contributed by atoms with Gasteiger partial charge in [-0.2, -0.15) is 0 Å². The lowest BCUT2D eigenvalue weighted by Crippen LogP contribution is -2.22. The van der Waals surface area contributed by atoms with Crippen molar-refractivity contribution in [3.8, 4) is 0 Å². The number of hydrogen-bond acceptors (Lipinski definition) is 1. The van der Waals surface area contributed by atoms with E-state index in [9.17, 15) is 4.79 Å². The first-order valence-corrected chi connectivity index (χ1v) is 6.23. The molecule has 1 aromatic carbocycles. The maximum atomic E-state index is 11.8. The van der Waals surface area contributed by atoms with Gasteiger partial charge in [0.15, 0.2) is 0 Å². The number of imidazole rings is 1. The van der Waals surface area contributed by atoms with Gasteiger partial charge in [-0.15, -0.1) is 0 Å². The Morgan fingerprint density at radius 3 is 2.76 bits per heavy atom. The van der Waals surface area contributed by atoms with Gasteiger partial charge >= 0.3 is 5.69 Å². The molecule has 2 heterocycles. The molecular weight excluding hydrogens is 212 g/mol. The van der Waals surface area contributed by atoms with Crippen LogP contribution in [0.3, 0.4) is 0 Å². The molecule has 2 aromatic rings. The minimum absolute atomic E-state index is 0.0343. The van der Waals surface area contributed by atoms with Gasteiger partial charge in [-0.25, -0.2) is 4.79 Å². The fourth-order valence-electron chi connectivity index (χ4n) is 2.91.